The molecule has 1 heterocycles. The summed E-state index contributed by atoms with van der Waals surface area (Å²) in [7, 11) is 0. The van der Waals surface area contributed by atoms with Gasteiger partial charge in [-0.25, -0.2) is 0 Å². The van der Waals surface area contributed by atoms with E-state index in [1.807, 2.05) is 6.92 Å². The van der Waals surface area contributed by atoms with Gasteiger partial charge in [-0.05, 0) is 24.6 Å². The quantitative estimate of drug-likeness (QED) is 0.776. The maximum atomic E-state index is 10.4. The zero-order valence-electron chi connectivity index (χ0n) is 7.69. The Labute approximate surface area is 85.7 Å². The second-order valence-electron chi connectivity index (χ2n) is 2.81. The predicted octanol–water partition coefficient (Wildman–Crippen LogP) is 2.36. The van der Waals surface area contributed by atoms with Crippen LogP contribution in [0.3, 0.4) is 0 Å². The molecule has 0 aromatic carbocycles. The summed E-state index contributed by atoms with van der Waals surface area (Å²) in [5, 5.41) is 8.41. The number of aliphatic carboxylic acids is 1. The molecule has 0 unspecified atom stereocenters. The molecule has 0 aliphatic carbocycles. The molecule has 1 rings (SSSR count). The minimum Gasteiger partial charge on any atom is -0.481 e. The Kier molecular flexibility index (Phi) is 3.59. The van der Waals surface area contributed by atoms with Gasteiger partial charge in [-0.3, -0.25) is 9.59 Å². The third-order valence-corrected chi connectivity index (χ3v) is 2.78. The molecule has 0 radical (unpaired) electrons. The lowest BCUT2D eigenvalue weighted by atomic mass is 10.2. The van der Waals surface area contributed by atoms with Gasteiger partial charge >= 0.3 is 5.97 Å². The Morgan fingerprint density at radius 2 is 2.36 bits per heavy atom. The summed E-state index contributed by atoms with van der Waals surface area (Å²) in [6.07, 6.45) is 4.12. The maximum absolute atomic E-state index is 10.4. The first kappa shape index (κ1) is 10.7. The molecule has 0 saturated carbocycles. The van der Waals surface area contributed by atoms with Crippen LogP contribution < -0.4 is 0 Å². The second kappa shape index (κ2) is 4.72. The number of carbonyl (C=O) groups excluding carboxylic acids is 1. The molecule has 3 nitrogen and oxygen atoms in total. The number of aryl methyl sites for hydroxylation is 1. The van der Waals surface area contributed by atoms with Gasteiger partial charge in [0.15, 0.2) is 6.29 Å². The Hall–Kier alpha value is -1.42. The smallest absolute Gasteiger partial charge is 0.307 e. The average molecular weight is 210 g/mol. The van der Waals surface area contributed by atoms with Crippen molar-refractivity contribution in [2.75, 3.05) is 0 Å². The van der Waals surface area contributed by atoms with E-state index < -0.39 is 5.97 Å². The predicted molar refractivity (Wildman–Crippen MR) is 55.7 cm³/mol. The lowest BCUT2D eigenvalue weighted by Crippen LogP contribution is -1.89. The van der Waals surface area contributed by atoms with E-state index in [2.05, 4.69) is 0 Å². The van der Waals surface area contributed by atoms with E-state index in [1.54, 1.807) is 18.2 Å². The Morgan fingerprint density at radius 3 is 2.86 bits per heavy atom. The largest absolute Gasteiger partial charge is 0.481 e. The molecule has 1 aromatic rings. The number of hydrogen-bond donors (Lipinski definition) is 1. The van der Waals surface area contributed by atoms with Crippen molar-refractivity contribution in [1.82, 2.24) is 0 Å². The highest BCUT2D eigenvalue weighted by molar-refractivity contribution is 7.14. The third-order valence-electron chi connectivity index (χ3n) is 1.65. The Balaban J connectivity index is 2.75. The van der Waals surface area contributed by atoms with Gasteiger partial charge in [0.05, 0.1) is 11.3 Å². The van der Waals surface area contributed by atoms with E-state index in [0.29, 0.717) is 4.88 Å². The summed E-state index contributed by atoms with van der Waals surface area (Å²) in [4.78, 5) is 22.3. The van der Waals surface area contributed by atoms with Crippen molar-refractivity contribution in [2.24, 2.45) is 0 Å². The van der Waals surface area contributed by atoms with Gasteiger partial charge in [0.2, 0.25) is 0 Å². The molecule has 0 aliphatic rings. The van der Waals surface area contributed by atoms with Gasteiger partial charge in [-0.15, -0.1) is 11.3 Å². The molecule has 0 amide bonds. The molecule has 74 valence electrons. The van der Waals surface area contributed by atoms with Crippen molar-refractivity contribution < 1.29 is 14.7 Å². The normalized spacial score (nSPS) is 10.6. The van der Waals surface area contributed by atoms with Gasteiger partial charge < -0.3 is 5.11 Å². The number of rotatable bonds is 4. The summed E-state index contributed by atoms with van der Waals surface area (Å²) in [5.41, 5.74) is 0.999. The molecule has 0 spiro atoms. The van der Waals surface area contributed by atoms with Crippen molar-refractivity contribution in [3.8, 4) is 0 Å². The van der Waals surface area contributed by atoms with Crippen LogP contribution in [0.5, 0.6) is 0 Å². The first-order valence-electron chi connectivity index (χ1n) is 4.07. The maximum Gasteiger partial charge on any atom is 0.307 e. The van der Waals surface area contributed by atoms with E-state index in [9.17, 15) is 9.59 Å². The van der Waals surface area contributed by atoms with Crippen molar-refractivity contribution in [1.29, 1.82) is 0 Å². The van der Waals surface area contributed by atoms with Crippen LogP contribution in [0.25, 0.3) is 6.08 Å². The minimum absolute atomic E-state index is 0.00770. The fourth-order valence-corrected chi connectivity index (χ4v) is 1.93. The third kappa shape index (κ3) is 2.81. The molecule has 0 bridgehead atoms. The Morgan fingerprint density at radius 1 is 1.64 bits per heavy atom. The molecular formula is C10H10O3S. The highest BCUT2D eigenvalue weighted by atomic mass is 32.1. The molecule has 0 atom stereocenters. The fraction of sp³-hybridized carbons (Fsp3) is 0.200. The summed E-state index contributed by atoms with van der Waals surface area (Å²) in [6.45, 7) is 1.89. The van der Waals surface area contributed by atoms with Crippen molar-refractivity contribution in [3.63, 3.8) is 0 Å². The highest BCUT2D eigenvalue weighted by Crippen LogP contribution is 2.21. The van der Waals surface area contributed by atoms with Gasteiger partial charge in [-0.1, -0.05) is 6.08 Å². The number of carboxylic acid groups (broad SMARTS) is 1. The molecular weight excluding hydrogens is 200 g/mol. The Bertz CT molecular complexity index is 377. The summed E-state index contributed by atoms with van der Waals surface area (Å²) < 4.78 is 0. The van der Waals surface area contributed by atoms with Gasteiger partial charge in [0, 0.05) is 4.88 Å². The van der Waals surface area contributed by atoms with E-state index in [4.69, 9.17) is 5.11 Å². The lowest BCUT2D eigenvalue weighted by molar-refractivity contribution is -0.135. The first-order valence-corrected chi connectivity index (χ1v) is 4.89. The van der Waals surface area contributed by atoms with Gasteiger partial charge in [-0.2, -0.15) is 0 Å². The SMILES string of the molecule is Cc1cc(C=O)sc1C=CCC(=O)O. The number of aldehydes is 1. The van der Waals surface area contributed by atoms with Gasteiger partial charge in [0.1, 0.15) is 0 Å². The summed E-state index contributed by atoms with van der Waals surface area (Å²) in [5.74, 6) is -0.855. The zero-order valence-corrected chi connectivity index (χ0v) is 8.50. The van der Waals surface area contributed by atoms with Gasteiger partial charge in [0.25, 0.3) is 0 Å². The van der Waals surface area contributed by atoms with Crippen LogP contribution in [0.2, 0.25) is 0 Å². The van der Waals surface area contributed by atoms with Crippen molar-refractivity contribution in [3.05, 3.63) is 27.5 Å². The number of carbonyl (C=O) groups is 2. The van der Waals surface area contributed by atoms with Crippen LogP contribution in [0, 0.1) is 6.92 Å². The van der Waals surface area contributed by atoms with E-state index in [0.717, 1.165) is 16.7 Å². The monoisotopic (exact) mass is 210 g/mol. The first-order chi connectivity index (χ1) is 6.63. The number of carboxylic acids is 1. The van der Waals surface area contributed by atoms with E-state index in [1.165, 1.54) is 11.3 Å². The summed E-state index contributed by atoms with van der Waals surface area (Å²) >= 11 is 1.36. The summed E-state index contributed by atoms with van der Waals surface area (Å²) in [6, 6.07) is 1.79. The standard InChI is InChI=1S/C10H10O3S/c1-7-5-8(6-11)14-9(7)3-2-4-10(12)13/h2-3,5-6H,4H2,1H3,(H,12,13). The van der Waals surface area contributed by atoms with E-state index in [-0.39, 0.29) is 6.42 Å². The number of thiophene rings is 1. The van der Waals surface area contributed by atoms with Crippen LogP contribution in [0.4, 0.5) is 0 Å². The van der Waals surface area contributed by atoms with Crippen LogP contribution in [0.1, 0.15) is 26.5 Å². The highest BCUT2D eigenvalue weighted by Gasteiger charge is 2.01. The van der Waals surface area contributed by atoms with Crippen LogP contribution in [-0.4, -0.2) is 17.4 Å². The molecule has 0 fully saturated rings. The second-order valence-corrected chi connectivity index (χ2v) is 3.93. The number of hydrogen-bond acceptors (Lipinski definition) is 3. The fourth-order valence-electron chi connectivity index (χ4n) is 1.01. The average Bonchev–Trinajstić information content (AvgIpc) is 2.47. The van der Waals surface area contributed by atoms with E-state index >= 15 is 0 Å². The topological polar surface area (TPSA) is 54.4 Å². The molecule has 4 heteroatoms. The van der Waals surface area contributed by atoms with Crippen LogP contribution in [-0.2, 0) is 4.79 Å². The van der Waals surface area contributed by atoms with Crippen LogP contribution in [0.15, 0.2) is 12.1 Å². The molecule has 14 heavy (non-hydrogen) atoms. The molecule has 0 aliphatic heterocycles. The zero-order chi connectivity index (χ0) is 10.6. The molecule has 1 N–H and O–H groups in total. The minimum atomic E-state index is -0.855. The molecule has 0 saturated heterocycles. The van der Waals surface area contributed by atoms with Crippen LogP contribution >= 0.6 is 11.3 Å². The van der Waals surface area contributed by atoms with Crippen molar-refractivity contribution >= 4 is 29.7 Å². The molecule has 1 aromatic heterocycles. The lowest BCUT2D eigenvalue weighted by Gasteiger charge is -1.87. The van der Waals surface area contributed by atoms with Crippen molar-refractivity contribution in [2.45, 2.75) is 13.3 Å².